The maximum absolute atomic E-state index is 9.60. The van der Waals surface area contributed by atoms with Gasteiger partial charge in [0.25, 0.3) is 0 Å². The van der Waals surface area contributed by atoms with Gasteiger partial charge in [0.15, 0.2) is 0 Å². The first-order valence-corrected chi connectivity index (χ1v) is 7.05. The van der Waals surface area contributed by atoms with Gasteiger partial charge in [0.2, 0.25) is 0 Å². The minimum absolute atomic E-state index is 0.145. The fourth-order valence-corrected chi connectivity index (χ4v) is 2.34. The third-order valence-electron chi connectivity index (χ3n) is 3.48. The highest BCUT2D eigenvalue weighted by atomic mass is 35.5. The molecule has 100 valence electrons. The zero-order chi connectivity index (χ0) is 13.7. The summed E-state index contributed by atoms with van der Waals surface area (Å²) in [7, 11) is 0. The van der Waals surface area contributed by atoms with Crippen molar-refractivity contribution in [2.45, 2.75) is 25.7 Å². The first kappa shape index (κ1) is 14.1. The van der Waals surface area contributed by atoms with Crippen LogP contribution in [0.5, 0.6) is 0 Å². The van der Waals surface area contributed by atoms with Crippen LogP contribution < -0.4 is 0 Å². The number of aliphatic hydroxyl groups is 1. The monoisotopic (exact) mass is 274 g/mol. The van der Waals surface area contributed by atoms with E-state index in [0.29, 0.717) is 0 Å². The number of halogens is 1. The molecule has 19 heavy (non-hydrogen) atoms. The second-order valence-corrected chi connectivity index (χ2v) is 5.24. The predicted octanol–water partition coefficient (Wildman–Crippen LogP) is 4.22. The highest BCUT2D eigenvalue weighted by Gasteiger charge is 2.11. The summed E-state index contributed by atoms with van der Waals surface area (Å²) < 4.78 is 0. The Kier molecular flexibility index (Phi) is 5.00. The molecule has 2 aromatic carbocycles. The Hall–Kier alpha value is -1.31. The van der Waals surface area contributed by atoms with Gasteiger partial charge in [-0.15, -0.1) is 0 Å². The third kappa shape index (κ3) is 3.82. The van der Waals surface area contributed by atoms with Crippen molar-refractivity contribution in [2.24, 2.45) is 0 Å². The molecule has 0 spiro atoms. The van der Waals surface area contributed by atoms with Crippen molar-refractivity contribution in [1.82, 2.24) is 0 Å². The molecular weight excluding hydrogens is 256 g/mol. The van der Waals surface area contributed by atoms with E-state index in [4.69, 9.17) is 11.6 Å². The Balaban J connectivity index is 2.12. The summed E-state index contributed by atoms with van der Waals surface area (Å²) in [5.41, 5.74) is 3.71. The lowest BCUT2D eigenvalue weighted by molar-refractivity contribution is 0.264. The third-order valence-corrected chi connectivity index (χ3v) is 3.73. The molecule has 0 amide bonds. The summed E-state index contributed by atoms with van der Waals surface area (Å²) in [6.45, 7) is 2.31. The minimum Gasteiger partial charge on any atom is -0.396 e. The quantitative estimate of drug-likeness (QED) is 0.865. The van der Waals surface area contributed by atoms with Crippen molar-refractivity contribution in [3.8, 4) is 0 Å². The van der Waals surface area contributed by atoms with Crippen LogP contribution in [0.2, 0.25) is 5.02 Å². The molecule has 2 aromatic rings. The van der Waals surface area contributed by atoms with E-state index in [1.807, 2.05) is 24.3 Å². The van der Waals surface area contributed by atoms with E-state index in [2.05, 4.69) is 31.2 Å². The molecule has 0 saturated carbocycles. The van der Waals surface area contributed by atoms with Gasteiger partial charge in [0, 0.05) is 10.9 Å². The van der Waals surface area contributed by atoms with Crippen LogP contribution in [-0.4, -0.2) is 11.7 Å². The fourth-order valence-electron chi connectivity index (χ4n) is 2.22. The number of hydrogen-bond acceptors (Lipinski definition) is 1. The summed E-state index contributed by atoms with van der Waals surface area (Å²) in [5, 5.41) is 10.3. The molecule has 1 nitrogen and oxygen atoms in total. The molecule has 0 fully saturated rings. The van der Waals surface area contributed by atoms with E-state index in [1.54, 1.807) is 0 Å². The van der Waals surface area contributed by atoms with Gasteiger partial charge in [-0.1, -0.05) is 54.9 Å². The largest absolute Gasteiger partial charge is 0.396 e. The van der Waals surface area contributed by atoms with Gasteiger partial charge in [-0.2, -0.15) is 0 Å². The molecule has 2 heteroatoms. The smallest absolute Gasteiger partial charge is 0.0502 e. The molecule has 0 bridgehead atoms. The van der Waals surface area contributed by atoms with Crippen molar-refractivity contribution >= 4 is 11.6 Å². The van der Waals surface area contributed by atoms with Crippen molar-refractivity contribution in [1.29, 1.82) is 0 Å². The fraction of sp³-hybridized carbons (Fsp3) is 0.294. The lowest BCUT2D eigenvalue weighted by Crippen LogP contribution is -2.07. The molecule has 0 radical (unpaired) electrons. The average Bonchev–Trinajstić information content (AvgIpc) is 2.47. The maximum Gasteiger partial charge on any atom is 0.0502 e. The van der Waals surface area contributed by atoms with Crippen molar-refractivity contribution in [3.63, 3.8) is 0 Å². The molecule has 0 aliphatic rings. The molecule has 0 saturated heterocycles. The zero-order valence-corrected chi connectivity index (χ0v) is 11.9. The van der Waals surface area contributed by atoms with E-state index in [1.165, 1.54) is 16.7 Å². The normalized spacial score (nSPS) is 12.4. The van der Waals surface area contributed by atoms with Crippen molar-refractivity contribution in [2.75, 3.05) is 6.61 Å². The van der Waals surface area contributed by atoms with E-state index in [-0.39, 0.29) is 12.5 Å². The van der Waals surface area contributed by atoms with Crippen LogP contribution in [0.15, 0.2) is 48.5 Å². The molecule has 1 atom stereocenters. The van der Waals surface area contributed by atoms with Crippen LogP contribution in [0, 0.1) is 0 Å². The highest BCUT2D eigenvalue weighted by Crippen LogP contribution is 2.22. The first-order valence-electron chi connectivity index (χ1n) is 6.67. The molecule has 0 aliphatic carbocycles. The Morgan fingerprint density at radius 1 is 0.947 bits per heavy atom. The molecule has 2 rings (SSSR count). The summed E-state index contributed by atoms with van der Waals surface area (Å²) in [4.78, 5) is 0. The lowest BCUT2D eigenvalue weighted by Gasteiger charge is -2.15. The molecule has 0 aromatic heterocycles. The van der Waals surface area contributed by atoms with Gasteiger partial charge < -0.3 is 5.11 Å². The topological polar surface area (TPSA) is 20.2 Å². The van der Waals surface area contributed by atoms with Gasteiger partial charge in [-0.25, -0.2) is 0 Å². The lowest BCUT2D eigenvalue weighted by atomic mass is 9.92. The number of aliphatic hydroxyl groups excluding tert-OH is 1. The minimum atomic E-state index is 0.145. The van der Waals surface area contributed by atoms with E-state index in [0.717, 1.165) is 17.9 Å². The molecule has 0 heterocycles. The standard InChI is InChI=1S/C17H19ClO/c1-2-13-3-7-15(8-4-13)16(12-19)11-14-5-9-17(18)10-6-14/h3-10,16,19H,2,11-12H2,1H3. The average molecular weight is 275 g/mol. The Morgan fingerprint density at radius 3 is 2.05 bits per heavy atom. The molecular formula is C17H19ClO. The summed E-state index contributed by atoms with van der Waals surface area (Å²) in [6.07, 6.45) is 1.88. The Morgan fingerprint density at radius 2 is 1.53 bits per heavy atom. The van der Waals surface area contributed by atoms with Gasteiger partial charge >= 0.3 is 0 Å². The molecule has 0 aliphatic heterocycles. The first-order chi connectivity index (χ1) is 9.22. The van der Waals surface area contributed by atoms with Crippen LogP contribution in [-0.2, 0) is 12.8 Å². The second-order valence-electron chi connectivity index (χ2n) is 4.81. The van der Waals surface area contributed by atoms with Gasteiger partial charge in [-0.3, -0.25) is 0 Å². The number of benzene rings is 2. The maximum atomic E-state index is 9.60. The van der Waals surface area contributed by atoms with Gasteiger partial charge in [-0.05, 0) is 41.7 Å². The van der Waals surface area contributed by atoms with Gasteiger partial charge in [0.05, 0.1) is 6.61 Å². The second kappa shape index (κ2) is 6.74. The van der Waals surface area contributed by atoms with E-state index >= 15 is 0 Å². The van der Waals surface area contributed by atoms with E-state index in [9.17, 15) is 5.11 Å². The zero-order valence-electron chi connectivity index (χ0n) is 11.1. The summed E-state index contributed by atoms with van der Waals surface area (Å²) >= 11 is 5.88. The highest BCUT2D eigenvalue weighted by molar-refractivity contribution is 6.30. The summed E-state index contributed by atoms with van der Waals surface area (Å²) in [6, 6.07) is 16.3. The van der Waals surface area contributed by atoms with E-state index < -0.39 is 0 Å². The Labute approximate surface area is 119 Å². The van der Waals surface area contributed by atoms with Gasteiger partial charge in [0.1, 0.15) is 0 Å². The van der Waals surface area contributed by atoms with Crippen molar-refractivity contribution in [3.05, 3.63) is 70.2 Å². The van der Waals surface area contributed by atoms with Crippen LogP contribution >= 0.6 is 11.6 Å². The molecule has 1 N–H and O–H groups in total. The number of hydrogen-bond donors (Lipinski definition) is 1. The predicted molar refractivity (Wildman–Crippen MR) is 80.8 cm³/mol. The number of rotatable bonds is 5. The Bertz CT molecular complexity index is 502. The van der Waals surface area contributed by atoms with Crippen LogP contribution in [0.25, 0.3) is 0 Å². The van der Waals surface area contributed by atoms with Crippen LogP contribution in [0.1, 0.15) is 29.5 Å². The van der Waals surface area contributed by atoms with Crippen molar-refractivity contribution < 1.29 is 5.11 Å². The molecule has 1 unspecified atom stereocenters. The van der Waals surface area contributed by atoms with Crippen LogP contribution in [0.4, 0.5) is 0 Å². The number of aryl methyl sites for hydroxylation is 1. The summed E-state index contributed by atoms with van der Waals surface area (Å²) in [5.74, 6) is 0.145. The van der Waals surface area contributed by atoms with Crippen LogP contribution in [0.3, 0.4) is 0 Å². The SMILES string of the molecule is CCc1ccc(C(CO)Cc2ccc(Cl)cc2)cc1.